The van der Waals surface area contributed by atoms with Crippen molar-refractivity contribution in [1.29, 1.82) is 5.26 Å². The highest BCUT2D eigenvalue weighted by Crippen LogP contribution is 2.27. The molecule has 126 valence electrons. The Labute approximate surface area is 142 Å². The summed E-state index contributed by atoms with van der Waals surface area (Å²) in [6, 6.07) is 11.9. The van der Waals surface area contributed by atoms with Crippen LogP contribution in [0.4, 0.5) is 5.69 Å². The average molecular weight is 344 g/mol. The summed E-state index contributed by atoms with van der Waals surface area (Å²) in [5.41, 5.74) is 2.31. The van der Waals surface area contributed by atoms with Gasteiger partial charge in [0.2, 0.25) is 10.0 Å². The predicted octanol–water partition coefficient (Wildman–Crippen LogP) is 1.82. The first kappa shape index (κ1) is 16.6. The SMILES string of the molecule is CCS(=O)(=O)N1CCN(c2cccc(-n3cccc3)c2C#N)CC1. The molecule has 24 heavy (non-hydrogen) atoms. The lowest BCUT2D eigenvalue weighted by Crippen LogP contribution is -2.49. The van der Waals surface area contributed by atoms with E-state index in [2.05, 4.69) is 11.0 Å². The average Bonchev–Trinajstić information content (AvgIpc) is 3.15. The van der Waals surface area contributed by atoms with Crippen LogP contribution in [0.25, 0.3) is 5.69 Å². The van der Waals surface area contributed by atoms with Gasteiger partial charge in [0.05, 0.1) is 22.7 Å². The van der Waals surface area contributed by atoms with Crippen LogP contribution in [0, 0.1) is 11.3 Å². The third-order valence-corrected chi connectivity index (χ3v) is 6.23. The van der Waals surface area contributed by atoms with E-state index in [0.717, 1.165) is 11.4 Å². The van der Waals surface area contributed by atoms with Crippen LogP contribution in [-0.4, -0.2) is 49.2 Å². The summed E-state index contributed by atoms with van der Waals surface area (Å²) in [6.07, 6.45) is 3.82. The highest BCUT2D eigenvalue weighted by Gasteiger charge is 2.27. The van der Waals surface area contributed by atoms with E-state index < -0.39 is 10.0 Å². The summed E-state index contributed by atoms with van der Waals surface area (Å²) in [5.74, 6) is 0.125. The van der Waals surface area contributed by atoms with Gasteiger partial charge in [0.15, 0.2) is 0 Å². The zero-order valence-corrected chi connectivity index (χ0v) is 14.4. The van der Waals surface area contributed by atoms with Crippen molar-refractivity contribution >= 4 is 15.7 Å². The molecular weight excluding hydrogens is 324 g/mol. The molecule has 1 aromatic carbocycles. The quantitative estimate of drug-likeness (QED) is 0.848. The summed E-state index contributed by atoms with van der Waals surface area (Å²) in [5, 5.41) is 9.65. The van der Waals surface area contributed by atoms with Crippen molar-refractivity contribution in [3.8, 4) is 11.8 Å². The minimum Gasteiger partial charge on any atom is -0.368 e. The van der Waals surface area contributed by atoms with E-state index >= 15 is 0 Å². The maximum atomic E-state index is 12.0. The molecule has 2 heterocycles. The van der Waals surface area contributed by atoms with Crippen LogP contribution in [-0.2, 0) is 10.0 Å². The fourth-order valence-corrected chi connectivity index (χ4v) is 4.09. The van der Waals surface area contributed by atoms with Gasteiger partial charge in [0, 0.05) is 38.6 Å². The topological polar surface area (TPSA) is 69.3 Å². The Morgan fingerprint density at radius 3 is 2.25 bits per heavy atom. The molecule has 0 radical (unpaired) electrons. The molecule has 0 spiro atoms. The highest BCUT2D eigenvalue weighted by atomic mass is 32.2. The number of hydrogen-bond acceptors (Lipinski definition) is 4. The first-order valence-electron chi connectivity index (χ1n) is 7.96. The number of anilines is 1. The zero-order chi connectivity index (χ0) is 17.2. The fourth-order valence-electron chi connectivity index (χ4n) is 3.01. The van der Waals surface area contributed by atoms with Crippen molar-refractivity contribution in [2.24, 2.45) is 0 Å². The van der Waals surface area contributed by atoms with E-state index in [1.807, 2.05) is 47.3 Å². The molecule has 1 aliphatic rings. The van der Waals surface area contributed by atoms with E-state index in [9.17, 15) is 13.7 Å². The molecule has 0 bridgehead atoms. The smallest absolute Gasteiger partial charge is 0.213 e. The highest BCUT2D eigenvalue weighted by molar-refractivity contribution is 7.89. The molecule has 1 aromatic heterocycles. The van der Waals surface area contributed by atoms with Gasteiger partial charge >= 0.3 is 0 Å². The Balaban J connectivity index is 1.87. The van der Waals surface area contributed by atoms with Crippen molar-refractivity contribution < 1.29 is 8.42 Å². The molecule has 1 aliphatic heterocycles. The first-order chi connectivity index (χ1) is 11.6. The van der Waals surface area contributed by atoms with Gasteiger partial charge in [-0.15, -0.1) is 0 Å². The van der Waals surface area contributed by atoms with Gasteiger partial charge in [-0.05, 0) is 31.2 Å². The Bertz CT molecular complexity index is 845. The van der Waals surface area contributed by atoms with Crippen molar-refractivity contribution in [2.45, 2.75) is 6.92 Å². The number of rotatable bonds is 4. The minimum absolute atomic E-state index is 0.125. The van der Waals surface area contributed by atoms with Crippen molar-refractivity contribution in [1.82, 2.24) is 8.87 Å². The van der Waals surface area contributed by atoms with Crippen molar-refractivity contribution in [3.05, 3.63) is 48.3 Å². The number of benzene rings is 1. The van der Waals surface area contributed by atoms with E-state index in [0.29, 0.717) is 31.7 Å². The van der Waals surface area contributed by atoms with Crippen LogP contribution in [0.15, 0.2) is 42.7 Å². The maximum absolute atomic E-state index is 12.0. The Morgan fingerprint density at radius 1 is 1.04 bits per heavy atom. The Hall–Kier alpha value is -2.30. The Morgan fingerprint density at radius 2 is 1.67 bits per heavy atom. The second kappa shape index (κ2) is 6.67. The van der Waals surface area contributed by atoms with Gasteiger partial charge in [-0.25, -0.2) is 8.42 Å². The largest absolute Gasteiger partial charge is 0.368 e. The van der Waals surface area contributed by atoms with Crippen LogP contribution >= 0.6 is 0 Å². The summed E-state index contributed by atoms with van der Waals surface area (Å²) in [4.78, 5) is 2.09. The van der Waals surface area contributed by atoms with Gasteiger partial charge in [-0.2, -0.15) is 9.57 Å². The molecule has 0 atom stereocenters. The van der Waals surface area contributed by atoms with Crippen LogP contribution in [0.3, 0.4) is 0 Å². The maximum Gasteiger partial charge on any atom is 0.213 e. The fraction of sp³-hybridized carbons (Fsp3) is 0.353. The third kappa shape index (κ3) is 3.03. The molecule has 7 heteroatoms. The summed E-state index contributed by atoms with van der Waals surface area (Å²) in [7, 11) is -3.15. The number of hydrogen-bond donors (Lipinski definition) is 0. The second-order valence-electron chi connectivity index (χ2n) is 5.66. The molecular formula is C17H20N4O2S. The molecule has 3 rings (SSSR count). The van der Waals surface area contributed by atoms with Crippen LogP contribution in [0.1, 0.15) is 12.5 Å². The summed E-state index contributed by atoms with van der Waals surface area (Å²) >= 11 is 0. The van der Waals surface area contributed by atoms with Gasteiger partial charge in [-0.1, -0.05) is 6.07 Å². The number of nitriles is 1. The van der Waals surface area contributed by atoms with Crippen LogP contribution in [0.2, 0.25) is 0 Å². The number of nitrogens with zero attached hydrogens (tertiary/aromatic N) is 4. The lowest BCUT2D eigenvalue weighted by molar-refractivity contribution is 0.385. The minimum atomic E-state index is -3.15. The summed E-state index contributed by atoms with van der Waals surface area (Å²) in [6.45, 7) is 3.74. The number of piperazine rings is 1. The second-order valence-corrected chi connectivity index (χ2v) is 7.92. The van der Waals surface area contributed by atoms with Gasteiger partial charge in [-0.3, -0.25) is 0 Å². The number of aromatic nitrogens is 1. The molecule has 0 N–H and O–H groups in total. The lowest BCUT2D eigenvalue weighted by Gasteiger charge is -2.35. The first-order valence-corrected chi connectivity index (χ1v) is 9.57. The van der Waals surface area contributed by atoms with E-state index in [4.69, 9.17) is 0 Å². The molecule has 0 aliphatic carbocycles. The van der Waals surface area contributed by atoms with Gasteiger partial charge < -0.3 is 9.47 Å². The molecule has 0 unspecified atom stereocenters. The van der Waals surface area contributed by atoms with E-state index in [-0.39, 0.29) is 5.75 Å². The van der Waals surface area contributed by atoms with Crippen LogP contribution in [0.5, 0.6) is 0 Å². The molecule has 2 aromatic rings. The third-order valence-electron chi connectivity index (χ3n) is 4.35. The van der Waals surface area contributed by atoms with Crippen LogP contribution < -0.4 is 4.90 Å². The molecule has 6 nitrogen and oxygen atoms in total. The predicted molar refractivity (Wildman–Crippen MR) is 93.7 cm³/mol. The number of sulfonamides is 1. The van der Waals surface area contributed by atoms with Crippen molar-refractivity contribution in [2.75, 3.05) is 36.8 Å². The zero-order valence-electron chi connectivity index (χ0n) is 13.6. The van der Waals surface area contributed by atoms with Gasteiger partial charge in [0.25, 0.3) is 0 Å². The standard InChI is InChI=1S/C17H20N4O2S/c1-2-24(22,23)21-12-10-20(11-13-21)17-7-5-6-16(15(17)14-18)19-8-3-4-9-19/h3-9H,2,10-13H2,1H3. The normalized spacial score (nSPS) is 16.1. The monoisotopic (exact) mass is 344 g/mol. The molecule has 1 saturated heterocycles. The van der Waals surface area contributed by atoms with E-state index in [1.165, 1.54) is 4.31 Å². The lowest BCUT2D eigenvalue weighted by atomic mass is 10.1. The Kier molecular flexibility index (Phi) is 4.60. The molecule has 1 fully saturated rings. The molecule has 0 saturated carbocycles. The van der Waals surface area contributed by atoms with E-state index in [1.54, 1.807) is 6.92 Å². The van der Waals surface area contributed by atoms with Crippen molar-refractivity contribution in [3.63, 3.8) is 0 Å². The summed E-state index contributed by atoms with van der Waals surface area (Å²) < 4.78 is 27.4. The van der Waals surface area contributed by atoms with Gasteiger partial charge in [0.1, 0.15) is 6.07 Å². The molecule has 0 amide bonds.